The van der Waals surface area contributed by atoms with Gasteiger partial charge in [-0.05, 0) is 68.5 Å². The molecule has 182 valence electrons. The molecule has 7 nitrogen and oxygen atoms in total. The van der Waals surface area contributed by atoms with E-state index >= 15 is 0 Å². The largest absolute Gasteiger partial charge is 0.491 e. The molecule has 1 spiro atoms. The quantitative estimate of drug-likeness (QED) is 0.585. The molecule has 2 amide bonds. The third-order valence-corrected chi connectivity index (χ3v) is 6.38. The minimum Gasteiger partial charge on any atom is -0.491 e. The molecule has 1 heterocycles. The number of ether oxygens (including phenoxy) is 2. The van der Waals surface area contributed by atoms with Crippen molar-refractivity contribution >= 4 is 17.5 Å². The van der Waals surface area contributed by atoms with Crippen molar-refractivity contribution in [3.8, 4) is 5.75 Å². The lowest BCUT2D eigenvalue weighted by Gasteiger charge is -2.39. The summed E-state index contributed by atoms with van der Waals surface area (Å²) in [7, 11) is 1.60. The van der Waals surface area contributed by atoms with Crippen LogP contribution in [-0.2, 0) is 14.3 Å². The number of methoxy groups -OCH3 is 1. The molecule has 4 rings (SSSR count). The summed E-state index contributed by atoms with van der Waals surface area (Å²) < 4.78 is 37.4. The first-order valence-electron chi connectivity index (χ1n) is 11.6. The Morgan fingerprint density at radius 1 is 1.15 bits per heavy atom. The molecule has 0 radical (unpaired) electrons. The predicted octanol–water partition coefficient (Wildman–Crippen LogP) is 3.60. The van der Waals surface area contributed by atoms with Crippen molar-refractivity contribution in [3.63, 3.8) is 0 Å². The molecule has 1 aliphatic heterocycles. The van der Waals surface area contributed by atoms with Crippen LogP contribution in [0.3, 0.4) is 0 Å². The molecule has 1 aromatic rings. The van der Waals surface area contributed by atoms with Crippen molar-refractivity contribution < 1.29 is 27.8 Å². The van der Waals surface area contributed by atoms with Crippen LogP contribution in [0.15, 0.2) is 53.1 Å². The summed E-state index contributed by atoms with van der Waals surface area (Å²) in [5.74, 6) is -1.98. The Morgan fingerprint density at radius 2 is 1.88 bits per heavy atom. The van der Waals surface area contributed by atoms with Crippen molar-refractivity contribution in [2.75, 3.05) is 26.9 Å². The average Bonchev–Trinajstić information content (AvgIpc) is 3.08. The number of aliphatic imine (C=N–C) groups is 1. The first-order valence-corrected chi connectivity index (χ1v) is 11.6. The number of nitrogens with one attached hydrogen (secondary N) is 1. The number of halogens is 2. The molecule has 34 heavy (non-hydrogen) atoms. The van der Waals surface area contributed by atoms with Gasteiger partial charge in [0.1, 0.15) is 30.3 Å². The lowest BCUT2D eigenvalue weighted by atomic mass is 9.88. The molecule has 1 unspecified atom stereocenters. The summed E-state index contributed by atoms with van der Waals surface area (Å²) in [6.07, 6.45) is 6.55. The molecule has 0 aromatic heterocycles. The minimum absolute atomic E-state index is 0.157. The number of rotatable bonds is 8. The van der Waals surface area contributed by atoms with E-state index < -0.39 is 29.3 Å². The summed E-state index contributed by atoms with van der Waals surface area (Å²) in [5.41, 5.74) is 0.233. The van der Waals surface area contributed by atoms with E-state index in [0.717, 1.165) is 31.4 Å². The Balaban J connectivity index is 1.48. The van der Waals surface area contributed by atoms with Gasteiger partial charge in [-0.2, -0.15) is 0 Å². The van der Waals surface area contributed by atoms with Gasteiger partial charge in [-0.15, -0.1) is 0 Å². The topological polar surface area (TPSA) is 80.2 Å². The zero-order chi connectivity index (χ0) is 24.1. The number of hydrogen-bond donors (Lipinski definition) is 1. The number of hydrogen-bond acceptors (Lipinski definition) is 5. The molecule has 1 fully saturated rings. The summed E-state index contributed by atoms with van der Waals surface area (Å²) in [6, 6.07) is 6.48. The molecule has 0 saturated heterocycles. The number of carbonyl (C=O) groups is 2. The minimum atomic E-state index is -0.988. The molecule has 1 N–H and O–H groups in total. The lowest BCUT2D eigenvalue weighted by molar-refractivity contribution is -0.136. The summed E-state index contributed by atoms with van der Waals surface area (Å²) >= 11 is 0. The molecule has 1 saturated carbocycles. The maximum absolute atomic E-state index is 13.6. The highest BCUT2D eigenvalue weighted by atomic mass is 19.2. The normalized spacial score (nSPS) is 21.7. The van der Waals surface area contributed by atoms with Crippen LogP contribution in [0, 0.1) is 0 Å². The number of amides is 2. The summed E-state index contributed by atoms with van der Waals surface area (Å²) in [4.78, 5) is 32.6. The predicted molar refractivity (Wildman–Crippen MR) is 123 cm³/mol. The second-order valence-corrected chi connectivity index (χ2v) is 8.74. The third kappa shape index (κ3) is 5.19. The van der Waals surface area contributed by atoms with E-state index in [2.05, 4.69) is 5.32 Å². The molecule has 2 aliphatic carbocycles. The van der Waals surface area contributed by atoms with Gasteiger partial charge in [0.2, 0.25) is 5.91 Å². The summed E-state index contributed by atoms with van der Waals surface area (Å²) in [6.45, 7) is 0.702. The van der Waals surface area contributed by atoms with Gasteiger partial charge in [-0.3, -0.25) is 14.6 Å². The number of benzene rings is 1. The van der Waals surface area contributed by atoms with E-state index in [1.165, 1.54) is 0 Å². The fourth-order valence-electron chi connectivity index (χ4n) is 4.64. The van der Waals surface area contributed by atoms with Crippen LogP contribution in [0.25, 0.3) is 0 Å². The molecule has 0 bridgehead atoms. The monoisotopic (exact) mass is 473 g/mol. The highest BCUT2D eigenvalue weighted by Crippen LogP contribution is 2.39. The second kappa shape index (κ2) is 10.5. The van der Waals surface area contributed by atoms with Gasteiger partial charge < -0.3 is 19.7 Å². The molecule has 3 aliphatic rings. The average molecular weight is 474 g/mol. The van der Waals surface area contributed by atoms with Gasteiger partial charge in [-0.25, -0.2) is 8.78 Å². The van der Waals surface area contributed by atoms with E-state index in [9.17, 15) is 18.4 Å². The van der Waals surface area contributed by atoms with Gasteiger partial charge in [-0.1, -0.05) is 6.42 Å². The fraction of sp³-hybridized carbons (Fsp3) is 0.480. The summed E-state index contributed by atoms with van der Waals surface area (Å²) in [5, 5.41) is 2.69. The van der Waals surface area contributed by atoms with Crippen molar-refractivity contribution in [2.24, 2.45) is 4.99 Å². The lowest BCUT2D eigenvalue weighted by Crippen LogP contribution is -2.53. The van der Waals surface area contributed by atoms with E-state index in [1.807, 2.05) is 0 Å². The first kappa shape index (κ1) is 24.1. The van der Waals surface area contributed by atoms with Crippen LogP contribution in [0.4, 0.5) is 8.78 Å². The van der Waals surface area contributed by atoms with E-state index in [4.69, 9.17) is 14.5 Å². The van der Waals surface area contributed by atoms with Gasteiger partial charge in [0, 0.05) is 12.7 Å². The second-order valence-electron chi connectivity index (χ2n) is 8.74. The van der Waals surface area contributed by atoms with Gasteiger partial charge in [0.05, 0.1) is 12.6 Å². The van der Waals surface area contributed by atoms with Gasteiger partial charge >= 0.3 is 0 Å². The molecular formula is C25H29F2N3O4. The van der Waals surface area contributed by atoms with Crippen LogP contribution in [-0.4, -0.2) is 61.0 Å². The SMILES string of the molecule is COCCOc1ccc(C2=NC3(CCCCC3)N(CC(=O)NC3C=C(F)C(F)=CC3)C2=O)cc1. The Bertz CT molecular complexity index is 1010. The van der Waals surface area contributed by atoms with Crippen molar-refractivity contribution in [2.45, 2.75) is 50.2 Å². The smallest absolute Gasteiger partial charge is 0.275 e. The van der Waals surface area contributed by atoms with E-state index in [-0.39, 0.29) is 18.9 Å². The van der Waals surface area contributed by atoms with Crippen LogP contribution in [0.2, 0.25) is 0 Å². The van der Waals surface area contributed by atoms with Crippen LogP contribution < -0.4 is 10.1 Å². The Labute approximate surface area is 197 Å². The molecule has 1 aromatic carbocycles. The molecular weight excluding hydrogens is 444 g/mol. The Kier molecular flexibility index (Phi) is 7.41. The van der Waals surface area contributed by atoms with E-state index in [0.29, 0.717) is 43.1 Å². The van der Waals surface area contributed by atoms with E-state index in [1.54, 1.807) is 36.3 Å². The number of nitrogens with zero attached hydrogens (tertiary/aromatic N) is 2. The van der Waals surface area contributed by atoms with Crippen molar-refractivity contribution in [1.29, 1.82) is 0 Å². The van der Waals surface area contributed by atoms with Crippen molar-refractivity contribution in [1.82, 2.24) is 10.2 Å². The number of allylic oxidation sites excluding steroid dienone is 2. The Hall–Kier alpha value is -3.07. The molecule has 1 atom stereocenters. The fourth-order valence-corrected chi connectivity index (χ4v) is 4.64. The highest BCUT2D eigenvalue weighted by Gasteiger charge is 2.48. The molecule has 9 heteroatoms. The first-order chi connectivity index (χ1) is 16.4. The standard InChI is InChI=1S/C25H29F2N3O4/c1-33-13-14-34-19-8-5-17(6-9-19)23-24(32)30(25(29-23)11-3-2-4-12-25)16-22(31)28-18-7-10-20(26)21(27)15-18/h5-6,8-10,15,18H,2-4,7,11-14,16H2,1H3,(H,28,31). The van der Waals surface area contributed by atoms with Crippen LogP contribution in [0.1, 0.15) is 44.1 Å². The maximum Gasteiger partial charge on any atom is 0.275 e. The maximum atomic E-state index is 13.6. The highest BCUT2D eigenvalue weighted by molar-refractivity contribution is 6.47. The van der Waals surface area contributed by atoms with Crippen LogP contribution >= 0.6 is 0 Å². The van der Waals surface area contributed by atoms with Gasteiger partial charge in [0.25, 0.3) is 5.91 Å². The zero-order valence-electron chi connectivity index (χ0n) is 19.2. The van der Waals surface area contributed by atoms with Crippen LogP contribution in [0.5, 0.6) is 5.75 Å². The van der Waals surface area contributed by atoms with Gasteiger partial charge in [0.15, 0.2) is 11.7 Å². The van der Waals surface area contributed by atoms with Crippen molar-refractivity contribution in [3.05, 3.63) is 53.6 Å². The Morgan fingerprint density at radius 3 is 2.56 bits per heavy atom. The number of carbonyl (C=O) groups excluding carboxylic acids is 2. The third-order valence-electron chi connectivity index (χ3n) is 6.38. The zero-order valence-corrected chi connectivity index (χ0v) is 19.2.